The summed E-state index contributed by atoms with van der Waals surface area (Å²) in [7, 11) is 0. The zero-order valence-corrected chi connectivity index (χ0v) is 9.93. The number of amides is 1. The largest absolute Gasteiger partial charge is 0.305 e. The summed E-state index contributed by atoms with van der Waals surface area (Å²) in [5.74, 6) is -0.144. The summed E-state index contributed by atoms with van der Waals surface area (Å²) in [6, 6.07) is 9.54. The molecule has 2 heterocycles. The number of carbonyl (C=O) groups is 1. The molecule has 5 heteroatoms. The molecule has 0 aliphatic heterocycles. The Bertz CT molecular complexity index is 494. The van der Waals surface area contributed by atoms with Crippen LogP contribution in [0.25, 0.3) is 0 Å². The lowest BCUT2D eigenvalue weighted by molar-refractivity contribution is -0.684. The Morgan fingerprint density at radius 1 is 1.35 bits per heavy atom. The van der Waals surface area contributed by atoms with Crippen molar-refractivity contribution >= 4 is 23.5 Å². The number of carbonyl (C=O) groups excluding carboxylic acids is 1. The number of nitrogens with zero attached hydrogens (tertiary/aromatic N) is 2. The Morgan fingerprint density at radius 3 is 2.88 bits per heavy atom. The van der Waals surface area contributed by atoms with Crippen LogP contribution >= 0.6 is 11.3 Å². The predicted molar refractivity (Wildman–Crippen MR) is 66.7 cm³/mol. The molecule has 0 aliphatic rings. The number of hydrogen-bond donors (Lipinski definition) is 1. The van der Waals surface area contributed by atoms with E-state index in [1.165, 1.54) is 0 Å². The Hall–Kier alpha value is -2.01. The van der Waals surface area contributed by atoms with Gasteiger partial charge in [-0.1, -0.05) is 12.1 Å². The fourth-order valence-corrected chi connectivity index (χ4v) is 1.86. The summed E-state index contributed by atoms with van der Waals surface area (Å²) in [5, 5.41) is 5.84. The number of hydrogen-bond acceptors (Lipinski definition) is 3. The van der Waals surface area contributed by atoms with Crippen LogP contribution in [0.15, 0.2) is 53.2 Å². The molecule has 0 aromatic carbocycles. The van der Waals surface area contributed by atoms with Gasteiger partial charge in [-0.2, -0.15) is 9.67 Å². The van der Waals surface area contributed by atoms with E-state index in [9.17, 15) is 4.79 Å². The molecule has 0 radical (unpaired) electrons. The molecule has 1 N–H and O–H groups in total. The summed E-state index contributed by atoms with van der Waals surface area (Å²) in [6.07, 6.45) is 5.31. The standard InChI is InChI=1S/C12H11N3OS/c16-12(10-15-6-2-1-3-7-15)14-13-9-11-5-4-8-17-11/h1-9H,10H2/p+1/b13-9+. The Labute approximate surface area is 103 Å². The first-order chi connectivity index (χ1) is 8.34. The lowest BCUT2D eigenvalue weighted by atomic mass is 10.4. The Morgan fingerprint density at radius 2 is 2.18 bits per heavy atom. The highest BCUT2D eigenvalue weighted by Crippen LogP contribution is 2.03. The van der Waals surface area contributed by atoms with E-state index in [1.54, 1.807) is 22.1 Å². The molecule has 0 atom stereocenters. The van der Waals surface area contributed by atoms with Crippen molar-refractivity contribution in [1.29, 1.82) is 0 Å². The van der Waals surface area contributed by atoms with E-state index in [-0.39, 0.29) is 12.5 Å². The lowest BCUT2D eigenvalue weighted by Crippen LogP contribution is -2.40. The van der Waals surface area contributed by atoms with Gasteiger partial charge in [0, 0.05) is 17.0 Å². The van der Waals surface area contributed by atoms with Gasteiger partial charge >= 0.3 is 5.91 Å². The topological polar surface area (TPSA) is 45.3 Å². The minimum Gasteiger partial charge on any atom is -0.266 e. The first-order valence-electron chi connectivity index (χ1n) is 5.14. The Kier molecular flexibility index (Phi) is 3.99. The highest BCUT2D eigenvalue weighted by atomic mass is 32.1. The number of aromatic nitrogens is 1. The molecule has 86 valence electrons. The maximum atomic E-state index is 11.5. The third-order valence-electron chi connectivity index (χ3n) is 2.03. The molecule has 0 bridgehead atoms. The van der Waals surface area contributed by atoms with Gasteiger partial charge in [-0.3, -0.25) is 4.79 Å². The van der Waals surface area contributed by atoms with Crippen LogP contribution in [0.4, 0.5) is 0 Å². The SMILES string of the molecule is O=C(C[n+]1ccccc1)N/N=C/c1cccs1. The molecule has 0 saturated heterocycles. The summed E-state index contributed by atoms with van der Waals surface area (Å²) >= 11 is 1.57. The van der Waals surface area contributed by atoms with Crippen molar-refractivity contribution in [2.24, 2.45) is 5.10 Å². The molecule has 2 rings (SSSR count). The highest BCUT2D eigenvalue weighted by Gasteiger charge is 2.06. The molecular weight excluding hydrogens is 234 g/mol. The first-order valence-corrected chi connectivity index (χ1v) is 6.02. The smallest absolute Gasteiger partial charge is 0.266 e. The van der Waals surface area contributed by atoms with Gasteiger partial charge in [0.05, 0.1) is 6.21 Å². The van der Waals surface area contributed by atoms with Crippen LogP contribution in [0.1, 0.15) is 4.88 Å². The van der Waals surface area contributed by atoms with E-state index in [0.29, 0.717) is 0 Å². The van der Waals surface area contributed by atoms with Crippen molar-refractivity contribution in [3.63, 3.8) is 0 Å². The lowest BCUT2D eigenvalue weighted by Gasteiger charge is -1.95. The molecule has 2 aromatic rings. The van der Waals surface area contributed by atoms with Gasteiger partial charge < -0.3 is 0 Å². The minimum absolute atomic E-state index is 0.144. The van der Waals surface area contributed by atoms with Crippen molar-refractivity contribution in [3.05, 3.63) is 53.0 Å². The average Bonchev–Trinajstić information content (AvgIpc) is 2.83. The summed E-state index contributed by atoms with van der Waals surface area (Å²) in [5.41, 5.74) is 2.49. The minimum atomic E-state index is -0.144. The fourth-order valence-electron chi connectivity index (χ4n) is 1.27. The normalized spacial score (nSPS) is 10.6. The molecule has 4 nitrogen and oxygen atoms in total. The van der Waals surface area contributed by atoms with Crippen molar-refractivity contribution < 1.29 is 9.36 Å². The van der Waals surface area contributed by atoms with Gasteiger partial charge in [0.2, 0.25) is 6.54 Å². The van der Waals surface area contributed by atoms with Crippen LogP contribution in [0.5, 0.6) is 0 Å². The molecule has 0 saturated carbocycles. The second kappa shape index (κ2) is 5.91. The van der Waals surface area contributed by atoms with E-state index in [0.717, 1.165) is 4.88 Å². The van der Waals surface area contributed by atoms with E-state index in [1.807, 2.05) is 48.1 Å². The molecule has 0 unspecified atom stereocenters. The first kappa shape index (κ1) is 11.5. The molecule has 2 aromatic heterocycles. The third-order valence-corrected chi connectivity index (χ3v) is 2.83. The van der Waals surface area contributed by atoms with Crippen LogP contribution in [0.2, 0.25) is 0 Å². The monoisotopic (exact) mass is 246 g/mol. The molecule has 0 aliphatic carbocycles. The van der Waals surface area contributed by atoms with Gasteiger partial charge in [0.25, 0.3) is 0 Å². The van der Waals surface area contributed by atoms with Crippen molar-refractivity contribution in [1.82, 2.24) is 5.43 Å². The molecule has 0 fully saturated rings. The van der Waals surface area contributed by atoms with E-state index >= 15 is 0 Å². The Balaban J connectivity index is 1.82. The fraction of sp³-hybridized carbons (Fsp3) is 0.0833. The molecular formula is C12H12N3OS+. The van der Waals surface area contributed by atoms with E-state index < -0.39 is 0 Å². The van der Waals surface area contributed by atoms with Crippen molar-refractivity contribution in [2.75, 3.05) is 0 Å². The molecule has 17 heavy (non-hydrogen) atoms. The predicted octanol–water partition coefficient (Wildman–Crippen LogP) is 1.19. The number of pyridine rings is 1. The van der Waals surface area contributed by atoms with Crippen molar-refractivity contribution in [3.8, 4) is 0 Å². The second-order valence-electron chi connectivity index (χ2n) is 3.36. The van der Waals surface area contributed by atoms with Crippen molar-refractivity contribution in [2.45, 2.75) is 6.54 Å². The van der Waals surface area contributed by atoms with Crippen LogP contribution in [-0.4, -0.2) is 12.1 Å². The van der Waals surface area contributed by atoms with Crippen LogP contribution in [0, 0.1) is 0 Å². The van der Waals surface area contributed by atoms with Gasteiger partial charge in [-0.15, -0.1) is 11.3 Å². The number of rotatable bonds is 4. The van der Waals surface area contributed by atoms with E-state index in [2.05, 4.69) is 10.5 Å². The number of hydrazone groups is 1. The summed E-state index contributed by atoms with van der Waals surface area (Å²) in [6.45, 7) is 0.266. The molecule has 1 amide bonds. The summed E-state index contributed by atoms with van der Waals surface area (Å²) in [4.78, 5) is 12.5. The zero-order valence-electron chi connectivity index (χ0n) is 9.11. The highest BCUT2D eigenvalue weighted by molar-refractivity contribution is 7.11. The third kappa shape index (κ3) is 3.81. The molecule has 0 spiro atoms. The zero-order chi connectivity index (χ0) is 11.9. The van der Waals surface area contributed by atoms with E-state index in [4.69, 9.17) is 0 Å². The van der Waals surface area contributed by atoms with Gasteiger partial charge in [0.15, 0.2) is 12.4 Å². The van der Waals surface area contributed by atoms with Gasteiger partial charge in [-0.25, -0.2) is 5.43 Å². The number of thiophene rings is 1. The van der Waals surface area contributed by atoms with Gasteiger partial charge in [-0.05, 0) is 11.4 Å². The maximum absolute atomic E-state index is 11.5. The average molecular weight is 246 g/mol. The number of nitrogens with one attached hydrogen (secondary N) is 1. The quantitative estimate of drug-likeness (QED) is 0.491. The van der Waals surface area contributed by atoms with Crippen LogP contribution in [-0.2, 0) is 11.3 Å². The van der Waals surface area contributed by atoms with Crippen LogP contribution in [0.3, 0.4) is 0 Å². The van der Waals surface area contributed by atoms with Crippen LogP contribution < -0.4 is 9.99 Å². The second-order valence-corrected chi connectivity index (χ2v) is 4.34. The van der Waals surface area contributed by atoms with Gasteiger partial charge in [0.1, 0.15) is 0 Å². The summed E-state index contributed by atoms with van der Waals surface area (Å²) < 4.78 is 1.79. The maximum Gasteiger partial charge on any atom is 0.305 e.